The minimum absolute atomic E-state index is 0.0472. The number of aryl methyl sites for hydroxylation is 1. The summed E-state index contributed by atoms with van der Waals surface area (Å²) in [6, 6.07) is 1.75. The van der Waals surface area contributed by atoms with Gasteiger partial charge in [0.2, 0.25) is 0 Å². The Morgan fingerprint density at radius 1 is 1.55 bits per heavy atom. The molecule has 0 bridgehead atoms. The van der Waals surface area contributed by atoms with Crippen molar-refractivity contribution in [3.8, 4) is 0 Å². The van der Waals surface area contributed by atoms with Gasteiger partial charge in [-0.05, 0) is 25.8 Å². The van der Waals surface area contributed by atoms with Crippen LogP contribution in [0.15, 0.2) is 18.5 Å². The number of aromatic nitrogens is 3. The normalized spacial score (nSPS) is 14.5. The molecule has 2 N–H and O–H groups in total. The van der Waals surface area contributed by atoms with Crippen molar-refractivity contribution < 1.29 is 9.90 Å². The molecule has 1 amide bonds. The van der Waals surface area contributed by atoms with Crippen LogP contribution in [0, 0.1) is 12.8 Å². The molecule has 0 spiro atoms. The highest BCUT2D eigenvalue weighted by molar-refractivity contribution is 6.00. The van der Waals surface area contributed by atoms with Crippen LogP contribution in [0.5, 0.6) is 0 Å². The molecule has 2 rings (SSSR count). The van der Waals surface area contributed by atoms with Gasteiger partial charge in [-0.25, -0.2) is 9.50 Å². The zero-order valence-corrected chi connectivity index (χ0v) is 12.2. The molecule has 0 aliphatic rings. The predicted molar refractivity (Wildman–Crippen MR) is 75.5 cm³/mol. The van der Waals surface area contributed by atoms with E-state index in [1.807, 2.05) is 13.8 Å². The standard InChI is InChI=1S/C14H20N4O2/c1-9(2)14(4,20)8-16-13(19)11-10(3)17-18-7-5-6-15-12(11)18/h5-7,9,20H,8H2,1-4H3,(H,16,19). The van der Waals surface area contributed by atoms with Gasteiger partial charge in [0.25, 0.3) is 5.91 Å². The van der Waals surface area contributed by atoms with Gasteiger partial charge in [0, 0.05) is 18.9 Å². The number of carbonyl (C=O) groups is 1. The fourth-order valence-electron chi connectivity index (χ4n) is 1.81. The molecule has 0 aromatic carbocycles. The van der Waals surface area contributed by atoms with Gasteiger partial charge in [0.1, 0.15) is 5.56 Å². The Hall–Kier alpha value is -1.95. The van der Waals surface area contributed by atoms with Gasteiger partial charge in [-0.2, -0.15) is 5.10 Å². The fraction of sp³-hybridized carbons (Fsp3) is 0.500. The van der Waals surface area contributed by atoms with Gasteiger partial charge < -0.3 is 10.4 Å². The number of nitrogens with one attached hydrogen (secondary N) is 1. The maximum atomic E-state index is 12.3. The SMILES string of the molecule is Cc1nn2cccnc2c1C(=O)NCC(C)(O)C(C)C. The highest BCUT2D eigenvalue weighted by Crippen LogP contribution is 2.16. The molecule has 0 saturated carbocycles. The lowest BCUT2D eigenvalue weighted by Crippen LogP contribution is -2.44. The van der Waals surface area contributed by atoms with Crippen molar-refractivity contribution in [3.05, 3.63) is 29.7 Å². The molecule has 0 aliphatic heterocycles. The van der Waals surface area contributed by atoms with Gasteiger partial charge in [0.05, 0.1) is 11.3 Å². The molecule has 6 nitrogen and oxygen atoms in total. The highest BCUT2D eigenvalue weighted by atomic mass is 16.3. The molecule has 2 aromatic rings. The molecule has 2 heterocycles. The summed E-state index contributed by atoms with van der Waals surface area (Å²) in [5.74, 6) is -0.219. The van der Waals surface area contributed by atoms with Gasteiger partial charge in [0.15, 0.2) is 5.65 Å². The van der Waals surface area contributed by atoms with Crippen molar-refractivity contribution in [2.24, 2.45) is 5.92 Å². The van der Waals surface area contributed by atoms with Gasteiger partial charge in [-0.1, -0.05) is 13.8 Å². The first-order valence-corrected chi connectivity index (χ1v) is 6.63. The molecule has 108 valence electrons. The number of carbonyl (C=O) groups excluding carboxylic acids is 1. The number of nitrogens with zero attached hydrogens (tertiary/aromatic N) is 3. The molecule has 0 radical (unpaired) electrons. The van der Waals surface area contributed by atoms with Crippen LogP contribution in [0.3, 0.4) is 0 Å². The molecule has 1 atom stereocenters. The van der Waals surface area contributed by atoms with Crippen LogP contribution >= 0.6 is 0 Å². The van der Waals surface area contributed by atoms with Crippen LogP contribution < -0.4 is 5.32 Å². The van der Waals surface area contributed by atoms with Crippen molar-refractivity contribution in [2.45, 2.75) is 33.3 Å². The van der Waals surface area contributed by atoms with Crippen LogP contribution in [0.2, 0.25) is 0 Å². The first kappa shape index (κ1) is 14.5. The second-order valence-corrected chi connectivity index (χ2v) is 5.54. The predicted octanol–water partition coefficient (Wildman–Crippen LogP) is 1.17. The largest absolute Gasteiger partial charge is 0.388 e. The zero-order valence-electron chi connectivity index (χ0n) is 12.2. The van der Waals surface area contributed by atoms with Crippen molar-refractivity contribution in [1.82, 2.24) is 19.9 Å². The molecular weight excluding hydrogens is 256 g/mol. The topological polar surface area (TPSA) is 79.5 Å². The molecule has 2 aromatic heterocycles. The van der Waals surface area contributed by atoms with E-state index in [0.29, 0.717) is 16.9 Å². The Kier molecular flexibility index (Phi) is 3.76. The average molecular weight is 276 g/mol. The lowest BCUT2D eigenvalue weighted by molar-refractivity contribution is 0.0142. The summed E-state index contributed by atoms with van der Waals surface area (Å²) >= 11 is 0. The quantitative estimate of drug-likeness (QED) is 0.878. The van der Waals surface area contributed by atoms with E-state index < -0.39 is 5.60 Å². The van der Waals surface area contributed by atoms with E-state index in [9.17, 15) is 9.90 Å². The molecule has 0 aliphatic carbocycles. The number of hydrogen-bond acceptors (Lipinski definition) is 4. The number of fused-ring (bicyclic) bond motifs is 1. The Morgan fingerprint density at radius 3 is 2.90 bits per heavy atom. The maximum absolute atomic E-state index is 12.3. The van der Waals surface area contributed by atoms with Crippen LogP contribution in [0.1, 0.15) is 36.8 Å². The summed E-state index contributed by atoms with van der Waals surface area (Å²) in [4.78, 5) is 16.5. The van der Waals surface area contributed by atoms with Crippen LogP contribution in [-0.4, -0.2) is 37.8 Å². The second kappa shape index (κ2) is 5.20. The lowest BCUT2D eigenvalue weighted by atomic mass is 9.92. The smallest absolute Gasteiger partial charge is 0.257 e. The minimum atomic E-state index is -0.944. The van der Waals surface area contributed by atoms with E-state index in [0.717, 1.165) is 0 Å². The molecule has 0 fully saturated rings. The number of aliphatic hydroxyl groups is 1. The first-order valence-electron chi connectivity index (χ1n) is 6.63. The van der Waals surface area contributed by atoms with E-state index in [4.69, 9.17) is 0 Å². The van der Waals surface area contributed by atoms with E-state index in [1.165, 1.54) is 0 Å². The van der Waals surface area contributed by atoms with Gasteiger partial charge in [-0.15, -0.1) is 0 Å². The summed E-state index contributed by atoms with van der Waals surface area (Å²) in [5.41, 5.74) is 0.641. The summed E-state index contributed by atoms with van der Waals surface area (Å²) in [7, 11) is 0. The molecule has 1 unspecified atom stereocenters. The average Bonchev–Trinajstić information content (AvgIpc) is 2.71. The Morgan fingerprint density at radius 2 is 2.25 bits per heavy atom. The third kappa shape index (κ3) is 2.65. The van der Waals surface area contributed by atoms with Crippen molar-refractivity contribution in [1.29, 1.82) is 0 Å². The van der Waals surface area contributed by atoms with Crippen LogP contribution in [0.25, 0.3) is 5.65 Å². The second-order valence-electron chi connectivity index (χ2n) is 5.54. The molecule has 6 heteroatoms. The summed E-state index contributed by atoms with van der Waals surface area (Å²) in [6.07, 6.45) is 3.37. The summed E-state index contributed by atoms with van der Waals surface area (Å²) in [6.45, 7) is 7.49. The van der Waals surface area contributed by atoms with Crippen molar-refractivity contribution in [3.63, 3.8) is 0 Å². The van der Waals surface area contributed by atoms with Gasteiger partial charge in [-0.3, -0.25) is 4.79 Å². The van der Waals surface area contributed by atoms with Crippen LogP contribution in [0.4, 0.5) is 0 Å². The highest BCUT2D eigenvalue weighted by Gasteiger charge is 2.27. The Labute approximate surface area is 117 Å². The van der Waals surface area contributed by atoms with E-state index in [1.54, 1.807) is 36.8 Å². The number of rotatable bonds is 4. The van der Waals surface area contributed by atoms with Crippen molar-refractivity contribution >= 4 is 11.6 Å². The van der Waals surface area contributed by atoms with E-state index in [2.05, 4.69) is 15.4 Å². The zero-order chi connectivity index (χ0) is 14.9. The lowest BCUT2D eigenvalue weighted by Gasteiger charge is -2.27. The fourth-order valence-corrected chi connectivity index (χ4v) is 1.81. The molecule has 0 saturated heterocycles. The summed E-state index contributed by atoms with van der Waals surface area (Å²) in [5, 5.41) is 17.2. The minimum Gasteiger partial charge on any atom is -0.388 e. The van der Waals surface area contributed by atoms with E-state index in [-0.39, 0.29) is 18.4 Å². The monoisotopic (exact) mass is 276 g/mol. The van der Waals surface area contributed by atoms with Gasteiger partial charge >= 0.3 is 0 Å². The third-order valence-corrected chi connectivity index (χ3v) is 3.65. The first-order chi connectivity index (χ1) is 9.33. The maximum Gasteiger partial charge on any atom is 0.257 e. The van der Waals surface area contributed by atoms with Crippen molar-refractivity contribution in [2.75, 3.05) is 6.54 Å². The molecule has 20 heavy (non-hydrogen) atoms. The Bertz CT molecular complexity index is 631. The number of hydrogen-bond donors (Lipinski definition) is 2. The number of amides is 1. The Balaban J connectivity index is 2.22. The third-order valence-electron chi connectivity index (χ3n) is 3.65. The summed E-state index contributed by atoms with van der Waals surface area (Å²) < 4.78 is 1.57. The molecular formula is C14H20N4O2. The van der Waals surface area contributed by atoms with Crippen LogP contribution in [-0.2, 0) is 0 Å². The van der Waals surface area contributed by atoms with E-state index >= 15 is 0 Å².